The first-order valence-electron chi connectivity index (χ1n) is 7.19. The predicted octanol–water partition coefficient (Wildman–Crippen LogP) is 3.70. The van der Waals surface area contributed by atoms with Crippen LogP contribution in [0.2, 0.25) is 0 Å². The summed E-state index contributed by atoms with van der Waals surface area (Å²) in [5.41, 5.74) is 7.06. The number of hydrogen-bond donors (Lipinski definition) is 2. The maximum absolute atomic E-state index is 11.3. The van der Waals surface area contributed by atoms with Gasteiger partial charge in [-0.05, 0) is 44.7 Å². The van der Waals surface area contributed by atoms with Crippen LogP contribution in [0.5, 0.6) is 5.75 Å². The van der Waals surface area contributed by atoms with E-state index in [4.69, 9.17) is 12.3 Å². The summed E-state index contributed by atoms with van der Waals surface area (Å²) < 4.78 is 0. The second-order valence-corrected chi connectivity index (χ2v) is 7.54. The van der Waals surface area contributed by atoms with Crippen molar-refractivity contribution in [3.8, 4) is 5.75 Å². The number of nitrogens with zero attached hydrogens (tertiary/aromatic N) is 2. The number of benzene rings is 1. The Bertz CT molecular complexity index is 581. The van der Waals surface area contributed by atoms with Gasteiger partial charge in [0.05, 0.1) is 0 Å². The van der Waals surface area contributed by atoms with Crippen LogP contribution in [0, 0.1) is 6.57 Å². The lowest BCUT2D eigenvalue weighted by atomic mass is 9.78. The molecule has 0 aliphatic carbocycles. The number of urea groups is 1. The molecule has 3 N–H and O–H groups in total. The van der Waals surface area contributed by atoms with Gasteiger partial charge in [0.2, 0.25) is 0 Å². The molecule has 0 aliphatic heterocycles. The van der Waals surface area contributed by atoms with Crippen molar-refractivity contribution in [2.75, 3.05) is 0 Å². The molecule has 0 fully saturated rings. The number of amides is 2. The number of carbonyl (C=O) groups excluding carboxylic acids is 1. The van der Waals surface area contributed by atoms with E-state index in [-0.39, 0.29) is 23.1 Å². The minimum absolute atomic E-state index is 0.102. The monoisotopic (exact) mass is 303 g/mol. The number of aromatic hydroxyl groups is 1. The zero-order chi connectivity index (χ0) is 17.3. The van der Waals surface area contributed by atoms with Crippen LogP contribution < -0.4 is 5.73 Å². The number of phenols is 1. The molecular weight excluding hydrogens is 278 g/mol. The maximum Gasteiger partial charge on any atom is 0.380 e. The highest BCUT2D eigenvalue weighted by molar-refractivity contribution is 5.72. The van der Waals surface area contributed by atoms with Gasteiger partial charge in [0, 0.05) is 0 Å². The summed E-state index contributed by atoms with van der Waals surface area (Å²) in [5, 5.41) is 11.5. The standard InChI is InChI=1S/C17H25N3O2/c1-16(2,3)12-8-11(10-20(19-7)15(18)22)9-13(14(12)21)17(4,5)6/h8-9,21H,10H2,1-6H3,(H2,18,22). The second-order valence-electron chi connectivity index (χ2n) is 7.54. The van der Waals surface area contributed by atoms with Crippen LogP contribution >= 0.6 is 0 Å². The zero-order valence-corrected chi connectivity index (χ0v) is 14.2. The predicted molar refractivity (Wildman–Crippen MR) is 87.2 cm³/mol. The highest BCUT2D eigenvalue weighted by Gasteiger charge is 2.27. The van der Waals surface area contributed by atoms with E-state index in [0.29, 0.717) is 0 Å². The summed E-state index contributed by atoms with van der Waals surface area (Å²) in [7, 11) is 0. The quantitative estimate of drug-likeness (QED) is 0.646. The lowest BCUT2D eigenvalue weighted by molar-refractivity contribution is 0.222. The van der Waals surface area contributed by atoms with E-state index in [9.17, 15) is 9.90 Å². The van der Waals surface area contributed by atoms with E-state index in [1.807, 2.05) is 53.7 Å². The molecule has 120 valence electrons. The molecule has 0 aromatic heterocycles. The van der Waals surface area contributed by atoms with Gasteiger partial charge in [-0.15, -0.1) is 0 Å². The maximum atomic E-state index is 11.3. The number of hydrogen-bond acceptors (Lipinski definition) is 2. The molecule has 5 nitrogen and oxygen atoms in total. The summed E-state index contributed by atoms with van der Waals surface area (Å²) in [6, 6.07) is 2.90. The molecule has 0 spiro atoms. The van der Waals surface area contributed by atoms with Gasteiger partial charge < -0.3 is 10.8 Å². The first-order valence-corrected chi connectivity index (χ1v) is 7.19. The van der Waals surface area contributed by atoms with Crippen LogP contribution in [0.1, 0.15) is 58.2 Å². The smallest absolute Gasteiger partial charge is 0.380 e. The van der Waals surface area contributed by atoms with Gasteiger partial charge in [-0.1, -0.05) is 41.5 Å². The normalized spacial score (nSPS) is 11.9. The molecule has 1 aromatic rings. The van der Waals surface area contributed by atoms with Crippen molar-refractivity contribution in [3.05, 3.63) is 40.3 Å². The fourth-order valence-corrected chi connectivity index (χ4v) is 2.26. The van der Waals surface area contributed by atoms with Crippen molar-refractivity contribution < 1.29 is 9.90 Å². The Morgan fingerprint density at radius 3 is 1.86 bits per heavy atom. The Morgan fingerprint density at radius 2 is 1.59 bits per heavy atom. The minimum atomic E-state index is -0.780. The summed E-state index contributed by atoms with van der Waals surface area (Å²) in [4.78, 5) is 14.4. The largest absolute Gasteiger partial charge is 0.507 e. The summed E-state index contributed by atoms with van der Waals surface area (Å²) in [6.45, 7) is 19.2. The molecule has 0 atom stereocenters. The van der Waals surface area contributed by atoms with Gasteiger partial charge in [-0.3, -0.25) is 0 Å². The Morgan fingerprint density at radius 1 is 1.18 bits per heavy atom. The van der Waals surface area contributed by atoms with Crippen molar-refractivity contribution in [2.45, 2.75) is 58.9 Å². The second kappa shape index (κ2) is 5.88. The molecule has 1 rings (SSSR count). The highest BCUT2D eigenvalue weighted by Crippen LogP contribution is 2.39. The fourth-order valence-electron chi connectivity index (χ4n) is 2.26. The third-order valence-corrected chi connectivity index (χ3v) is 3.49. The lowest BCUT2D eigenvalue weighted by Gasteiger charge is -2.28. The molecule has 0 radical (unpaired) electrons. The Balaban J connectivity index is 3.49. The number of nitrogens with two attached hydrogens (primary N) is 1. The molecule has 1 aromatic carbocycles. The third kappa shape index (κ3) is 3.91. The summed E-state index contributed by atoms with van der Waals surface area (Å²) in [6.07, 6.45) is 0. The van der Waals surface area contributed by atoms with E-state index in [0.717, 1.165) is 21.7 Å². The van der Waals surface area contributed by atoms with E-state index in [1.165, 1.54) is 0 Å². The SMILES string of the molecule is [C-]#[N+]N(Cc1cc(C(C)(C)C)c(O)c(C(C)(C)C)c1)C(N)=O. The van der Waals surface area contributed by atoms with Crippen LogP contribution in [0.25, 0.3) is 4.95 Å². The number of primary amides is 1. The average molecular weight is 303 g/mol. The average Bonchev–Trinajstić information content (AvgIpc) is 2.34. The van der Waals surface area contributed by atoms with Gasteiger partial charge in [0.25, 0.3) is 0 Å². The van der Waals surface area contributed by atoms with Crippen molar-refractivity contribution in [2.24, 2.45) is 5.73 Å². The highest BCUT2D eigenvalue weighted by atomic mass is 16.3. The van der Waals surface area contributed by atoms with Crippen LogP contribution in [0.4, 0.5) is 4.79 Å². The van der Waals surface area contributed by atoms with Gasteiger partial charge in [0.15, 0.2) is 0 Å². The molecular formula is C17H25N3O2. The number of rotatable bonds is 2. The van der Waals surface area contributed by atoms with Gasteiger partial charge in [0.1, 0.15) is 12.3 Å². The van der Waals surface area contributed by atoms with Gasteiger partial charge in [-0.25, -0.2) is 4.79 Å². The van der Waals surface area contributed by atoms with Crippen LogP contribution in [0.15, 0.2) is 12.1 Å². The van der Waals surface area contributed by atoms with Crippen LogP contribution in [-0.2, 0) is 17.4 Å². The summed E-state index contributed by atoms with van der Waals surface area (Å²) >= 11 is 0. The van der Waals surface area contributed by atoms with Crippen molar-refractivity contribution in [3.63, 3.8) is 0 Å². The third-order valence-electron chi connectivity index (χ3n) is 3.49. The van der Waals surface area contributed by atoms with E-state index in [1.54, 1.807) is 0 Å². The minimum Gasteiger partial charge on any atom is -0.507 e. The van der Waals surface area contributed by atoms with Crippen molar-refractivity contribution in [1.29, 1.82) is 0 Å². The zero-order valence-electron chi connectivity index (χ0n) is 14.2. The fraction of sp³-hybridized carbons (Fsp3) is 0.529. The molecule has 0 aliphatic rings. The van der Waals surface area contributed by atoms with Crippen molar-refractivity contribution in [1.82, 2.24) is 5.01 Å². The molecule has 0 unspecified atom stereocenters. The van der Waals surface area contributed by atoms with Crippen LogP contribution in [-0.4, -0.2) is 16.1 Å². The van der Waals surface area contributed by atoms with Gasteiger partial charge >= 0.3 is 6.03 Å². The Kier molecular flexibility index (Phi) is 4.76. The van der Waals surface area contributed by atoms with E-state index in [2.05, 4.69) is 4.95 Å². The lowest BCUT2D eigenvalue weighted by Crippen LogP contribution is -2.29. The molecule has 0 saturated carbocycles. The molecule has 0 bridgehead atoms. The topological polar surface area (TPSA) is 70.9 Å². The molecule has 22 heavy (non-hydrogen) atoms. The molecule has 5 heteroatoms. The molecule has 0 saturated heterocycles. The van der Waals surface area contributed by atoms with E-state index >= 15 is 0 Å². The molecule has 2 amide bonds. The molecule has 0 heterocycles. The first kappa shape index (κ1) is 17.8. The van der Waals surface area contributed by atoms with E-state index < -0.39 is 6.03 Å². The Hall–Kier alpha value is -2.22. The first-order chi connectivity index (χ1) is 9.87. The van der Waals surface area contributed by atoms with Gasteiger partial charge in [-0.2, -0.15) is 11.5 Å². The van der Waals surface area contributed by atoms with Crippen LogP contribution in [0.3, 0.4) is 0 Å². The van der Waals surface area contributed by atoms with Crippen molar-refractivity contribution >= 4 is 6.03 Å². The summed E-state index contributed by atoms with van der Waals surface area (Å²) in [5.74, 6) is 0.275. The Labute approximate surface area is 132 Å². The number of carbonyl (C=O) groups is 1. The number of phenolic OH excluding ortho intramolecular Hbond substituents is 1.